The van der Waals surface area contributed by atoms with E-state index in [0.717, 1.165) is 44.1 Å². The van der Waals surface area contributed by atoms with Crippen molar-refractivity contribution in [2.45, 2.75) is 127 Å². The van der Waals surface area contributed by atoms with Gasteiger partial charge in [-0.25, -0.2) is 0 Å². The lowest BCUT2D eigenvalue weighted by molar-refractivity contribution is -0.299. The fourth-order valence-electron chi connectivity index (χ4n) is 10.9. The van der Waals surface area contributed by atoms with E-state index in [9.17, 15) is 30.6 Å². The van der Waals surface area contributed by atoms with Gasteiger partial charge in [-0.1, -0.05) is 44.6 Å². The van der Waals surface area contributed by atoms with Gasteiger partial charge >= 0.3 is 0 Å². The maximum Gasteiger partial charge on any atom is 0.187 e. The van der Waals surface area contributed by atoms with Crippen LogP contribution in [0.25, 0.3) is 0 Å². The van der Waals surface area contributed by atoms with E-state index in [2.05, 4.69) is 33.4 Å². The summed E-state index contributed by atoms with van der Waals surface area (Å²) in [5.41, 5.74) is 1.95. The predicted octanol–water partition coefficient (Wildman–Crippen LogP) is 2.04. The summed E-state index contributed by atoms with van der Waals surface area (Å²) in [6.45, 7) is 10.6. The highest BCUT2D eigenvalue weighted by Gasteiger charge is 2.69. The van der Waals surface area contributed by atoms with E-state index in [0.29, 0.717) is 24.7 Å². The SMILES string of the molecule is C=C(CC[C@@]1(OC)O[C@H]2C[C@H]3[C@@H]4CC=C5C[C@@H](O)CC[C@]5(C)[C@H]4[C@H](O)C[C@]3(C)[C@H]2[C@@H]1C)CO[C@@H]1O[C@H](CO)[C@@H](O)[C@H](O)[C@H]1O. The topological polar surface area (TPSA) is 158 Å². The first-order chi connectivity index (χ1) is 20.8. The van der Waals surface area contributed by atoms with Crippen LogP contribution >= 0.6 is 0 Å². The minimum atomic E-state index is -1.49. The second-order valence-electron chi connectivity index (χ2n) is 15.3. The van der Waals surface area contributed by atoms with Crippen LogP contribution in [0.2, 0.25) is 0 Å². The van der Waals surface area contributed by atoms with Gasteiger partial charge < -0.3 is 49.6 Å². The van der Waals surface area contributed by atoms with Crippen molar-refractivity contribution in [2.75, 3.05) is 20.3 Å². The summed E-state index contributed by atoms with van der Waals surface area (Å²) in [6, 6.07) is 0. The van der Waals surface area contributed by atoms with E-state index in [1.807, 2.05) is 0 Å². The van der Waals surface area contributed by atoms with Crippen LogP contribution in [0.15, 0.2) is 23.8 Å². The fraction of sp³-hybridized carbons (Fsp3) is 0.882. The van der Waals surface area contributed by atoms with Gasteiger partial charge in [-0.05, 0) is 79.4 Å². The molecule has 10 nitrogen and oxygen atoms in total. The molecule has 10 heteroatoms. The Bertz CT molecular complexity index is 1110. The molecule has 0 aromatic heterocycles. The summed E-state index contributed by atoms with van der Waals surface area (Å²) in [5, 5.41) is 62.0. The fourth-order valence-corrected chi connectivity index (χ4v) is 10.9. The third-order valence-corrected chi connectivity index (χ3v) is 13.2. The summed E-state index contributed by atoms with van der Waals surface area (Å²) in [7, 11) is 1.70. The van der Waals surface area contributed by atoms with E-state index >= 15 is 0 Å². The zero-order chi connectivity index (χ0) is 31.8. The van der Waals surface area contributed by atoms with Crippen molar-refractivity contribution >= 4 is 0 Å². The molecule has 0 amide bonds. The molecule has 0 spiro atoms. The van der Waals surface area contributed by atoms with Crippen LogP contribution in [-0.4, -0.2) is 106 Å². The summed E-state index contributed by atoms with van der Waals surface area (Å²) in [4.78, 5) is 0. The number of ether oxygens (including phenoxy) is 4. The van der Waals surface area contributed by atoms with Crippen LogP contribution in [0.4, 0.5) is 0 Å². The van der Waals surface area contributed by atoms with E-state index in [4.69, 9.17) is 18.9 Å². The Kier molecular flexibility index (Phi) is 8.96. The molecule has 2 aliphatic heterocycles. The van der Waals surface area contributed by atoms with Gasteiger partial charge in [0.2, 0.25) is 0 Å². The third-order valence-electron chi connectivity index (χ3n) is 13.2. The van der Waals surface area contributed by atoms with Gasteiger partial charge in [0.15, 0.2) is 12.1 Å². The molecule has 2 saturated heterocycles. The summed E-state index contributed by atoms with van der Waals surface area (Å²) >= 11 is 0. The summed E-state index contributed by atoms with van der Waals surface area (Å²) in [5.74, 6) is 0.583. The largest absolute Gasteiger partial charge is 0.394 e. The van der Waals surface area contributed by atoms with Crippen molar-refractivity contribution in [3.63, 3.8) is 0 Å². The molecule has 16 atom stereocenters. The van der Waals surface area contributed by atoms with Crippen LogP contribution in [-0.2, 0) is 18.9 Å². The Hall–Kier alpha value is -0.920. The lowest BCUT2D eigenvalue weighted by atomic mass is 9.46. The maximum atomic E-state index is 11.8. The molecule has 2 heterocycles. The molecular weight excluding hydrogens is 568 g/mol. The zero-order valence-electron chi connectivity index (χ0n) is 26.7. The molecule has 0 aromatic rings. The lowest BCUT2D eigenvalue weighted by Crippen LogP contribution is -2.59. The smallest absolute Gasteiger partial charge is 0.187 e. The molecule has 5 fully saturated rings. The Morgan fingerprint density at radius 3 is 2.55 bits per heavy atom. The van der Waals surface area contributed by atoms with E-state index < -0.39 is 49.2 Å². The Morgan fingerprint density at radius 2 is 1.84 bits per heavy atom. The highest BCUT2D eigenvalue weighted by atomic mass is 16.7. The molecule has 0 aromatic carbocycles. The lowest BCUT2D eigenvalue weighted by Gasteiger charge is -2.60. The molecule has 4 aliphatic carbocycles. The van der Waals surface area contributed by atoms with Crippen molar-refractivity contribution in [2.24, 2.45) is 40.4 Å². The minimum absolute atomic E-state index is 0.0379. The number of methoxy groups -OCH3 is 1. The van der Waals surface area contributed by atoms with Gasteiger partial charge in [-0.3, -0.25) is 0 Å². The van der Waals surface area contributed by atoms with Gasteiger partial charge in [-0.15, -0.1) is 0 Å². The average molecular weight is 623 g/mol. The highest BCUT2D eigenvalue weighted by Crippen LogP contribution is 2.70. The highest BCUT2D eigenvalue weighted by molar-refractivity contribution is 5.27. The maximum absolute atomic E-state index is 11.8. The predicted molar refractivity (Wildman–Crippen MR) is 160 cm³/mol. The Balaban J connectivity index is 1.11. The van der Waals surface area contributed by atoms with Gasteiger partial charge in [0.05, 0.1) is 31.5 Å². The zero-order valence-corrected chi connectivity index (χ0v) is 26.7. The third kappa shape index (κ3) is 5.07. The molecule has 250 valence electrons. The van der Waals surface area contributed by atoms with Crippen molar-refractivity contribution in [3.8, 4) is 0 Å². The van der Waals surface area contributed by atoms with Crippen LogP contribution in [0, 0.1) is 40.4 Å². The number of rotatable bonds is 8. The monoisotopic (exact) mass is 622 g/mol. The van der Waals surface area contributed by atoms with Gasteiger partial charge in [0.1, 0.15) is 24.4 Å². The standard InChI is InChI=1S/C34H54O10/c1-17(16-42-31-30(40)29(39)28(38)25(15-35)43-31)8-11-34(41-5)18(2)26-24(44-34)13-22-21-7-6-19-12-20(36)9-10-32(19,3)27(21)23(37)14-33(22,26)4/h6,18,20-31,35-40H,1,7-16H2,2-5H3/t18-,20-,21-,22-,23+,24-,25+,26-,27+,28+,29-,30+,31+,32-,33-,34+/m0/s1. The van der Waals surface area contributed by atoms with Crippen molar-refractivity contribution in [3.05, 3.63) is 23.8 Å². The van der Waals surface area contributed by atoms with E-state index in [1.165, 1.54) is 5.57 Å². The average Bonchev–Trinajstić information content (AvgIpc) is 3.44. The van der Waals surface area contributed by atoms with Crippen LogP contribution < -0.4 is 0 Å². The number of hydrogen-bond acceptors (Lipinski definition) is 10. The normalized spacial score (nSPS) is 53.3. The van der Waals surface area contributed by atoms with Gasteiger partial charge in [0, 0.05) is 19.4 Å². The Morgan fingerprint density at radius 1 is 1.09 bits per heavy atom. The first kappa shape index (κ1) is 33.0. The van der Waals surface area contributed by atoms with Crippen LogP contribution in [0.1, 0.15) is 72.1 Å². The van der Waals surface area contributed by atoms with E-state index in [1.54, 1.807) is 7.11 Å². The van der Waals surface area contributed by atoms with Gasteiger partial charge in [-0.2, -0.15) is 0 Å². The van der Waals surface area contributed by atoms with Crippen molar-refractivity contribution < 1.29 is 49.6 Å². The number of allylic oxidation sites excluding steroid dienone is 1. The second-order valence-corrected chi connectivity index (χ2v) is 15.3. The first-order valence-corrected chi connectivity index (χ1v) is 16.7. The molecule has 0 bridgehead atoms. The molecule has 6 aliphatic rings. The number of aliphatic hydroxyl groups excluding tert-OH is 6. The summed E-state index contributed by atoms with van der Waals surface area (Å²) in [6.07, 6.45) is 1.36. The first-order valence-electron chi connectivity index (χ1n) is 16.7. The number of hydrogen-bond donors (Lipinski definition) is 6. The molecule has 3 saturated carbocycles. The Labute approximate surface area is 261 Å². The van der Waals surface area contributed by atoms with Crippen LogP contribution in [0.5, 0.6) is 0 Å². The quantitative estimate of drug-likeness (QED) is 0.221. The van der Waals surface area contributed by atoms with Crippen molar-refractivity contribution in [1.82, 2.24) is 0 Å². The molecule has 6 rings (SSSR count). The van der Waals surface area contributed by atoms with E-state index in [-0.39, 0.29) is 47.4 Å². The number of fused-ring (bicyclic) bond motifs is 7. The summed E-state index contributed by atoms with van der Waals surface area (Å²) < 4.78 is 24.2. The molecule has 0 unspecified atom stereocenters. The molecule has 44 heavy (non-hydrogen) atoms. The van der Waals surface area contributed by atoms with Gasteiger partial charge in [0.25, 0.3) is 0 Å². The molecule has 6 N–H and O–H groups in total. The van der Waals surface area contributed by atoms with Crippen molar-refractivity contribution in [1.29, 1.82) is 0 Å². The number of aliphatic hydroxyl groups is 6. The molecule has 0 radical (unpaired) electrons. The second kappa shape index (κ2) is 12.0. The van der Waals surface area contributed by atoms with Crippen LogP contribution in [0.3, 0.4) is 0 Å². The molecular formula is C34H54O10. The minimum Gasteiger partial charge on any atom is -0.394 e.